The molecule has 90 valence electrons. The van der Waals surface area contributed by atoms with Crippen LogP contribution < -0.4 is 5.32 Å². The van der Waals surface area contributed by atoms with E-state index in [0.29, 0.717) is 11.7 Å². The first-order valence-corrected chi connectivity index (χ1v) is 6.30. The summed E-state index contributed by atoms with van der Waals surface area (Å²) in [6.07, 6.45) is 5.54. The third-order valence-electron chi connectivity index (χ3n) is 3.43. The Kier molecular flexibility index (Phi) is 3.63. The number of hydrogen-bond donors (Lipinski definition) is 1. The minimum absolute atomic E-state index is 0.473. The Hall–Kier alpha value is -1.56. The highest BCUT2D eigenvalue weighted by molar-refractivity contribution is 5.43. The highest BCUT2D eigenvalue weighted by Gasteiger charge is 2.23. The Labute approximate surface area is 103 Å². The fourth-order valence-electron chi connectivity index (χ4n) is 2.85. The van der Waals surface area contributed by atoms with E-state index in [9.17, 15) is 0 Å². The van der Waals surface area contributed by atoms with Gasteiger partial charge < -0.3 is 5.32 Å². The van der Waals surface area contributed by atoms with Crippen LogP contribution in [-0.2, 0) is 0 Å². The van der Waals surface area contributed by atoms with Gasteiger partial charge in [0.25, 0.3) is 0 Å². The molecule has 0 amide bonds. The lowest BCUT2D eigenvalue weighted by molar-refractivity contribution is 0.281. The summed E-state index contributed by atoms with van der Waals surface area (Å²) in [6, 6.07) is 6.28. The van der Waals surface area contributed by atoms with Crippen molar-refractivity contribution in [3.05, 3.63) is 24.0 Å². The van der Waals surface area contributed by atoms with Crippen LogP contribution >= 0.6 is 0 Å². The second-order valence-electron chi connectivity index (χ2n) is 5.30. The molecule has 0 radical (unpaired) electrons. The summed E-state index contributed by atoms with van der Waals surface area (Å²) < 4.78 is 0. The van der Waals surface area contributed by atoms with Crippen LogP contribution in [0.2, 0.25) is 0 Å². The minimum atomic E-state index is 0.473. The fourth-order valence-corrected chi connectivity index (χ4v) is 2.85. The molecule has 0 spiro atoms. The third-order valence-corrected chi connectivity index (χ3v) is 3.43. The number of aromatic nitrogens is 1. The molecule has 3 nitrogen and oxygen atoms in total. The Morgan fingerprint density at radius 1 is 1.24 bits per heavy atom. The Bertz CT molecular complexity index is 394. The molecule has 1 saturated carbocycles. The summed E-state index contributed by atoms with van der Waals surface area (Å²) in [5, 5.41) is 12.2. The lowest BCUT2D eigenvalue weighted by atomic mass is 9.80. The molecule has 0 aliphatic heterocycles. The summed E-state index contributed by atoms with van der Waals surface area (Å²) in [7, 11) is 0. The molecule has 2 atom stereocenters. The summed E-state index contributed by atoms with van der Waals surface area (Å²) in [6.45, 7) is 4.64. The van der Waals surface area contributed by atoms with Gasteiger partial charge in [-0.15, -0.1) is 0 Å². The predicted octanol–water partition coefficient (Wildman–Crippen LogP) is 3.19. The van der Waals surface area contributed by atoms with Crippen molar-refractivity contribution in [3.63, 3.8) is 0 Å². The van der Waals surface area contributed by atoms with Crippen LogP contribution in [0, 0.1) is 23.2 Å². The number of nitrogens with zero attached hydrogens (tertiary/aromatic N) is 2. The third kappa shape index (κ3) is 3.20. The molecule has 17 heavy (non-hydrogen) atoms. The topological polar surface area (TPSA) is 48.7 Å². The van der Waals surface area contributed by atoms with Crippen LogP contribution in [0.25, 0.3) is 0 Å². The van der Waals surface area contributed by atoms with Gasteiger partial charge in [0.05, 0.1) is 11.9 Å². The molecule has 1 N–H and O–H groups in total. The van der Waals surface area contributed by atoms with Gasteiger partial charge in [0.2, 0.25) is 0 Å². The number of nitriles is 1. The summed E-state index contributed by atoms with van der Waals surface area (Å²) in [5.41, 5.74) is 1.50. The lowest BCUT2D eigenvalue weighted by Gasteiger charge is -2.32. The number of hydrogen-bond acceptors (Lipinski definition) is 3. The smallest absolute Gasteiger partial charge is 0.140 e. The monoisotopic (exact) mass is 229 g/mol. The van der Waals surface area contributed by atoms with Crippen LogP contribution in [-0.4, -0.2) is 11.0 Å². The van der Waals surface area contributed by atoms with Crippen molar-refractivity contribution in [2.24, 2.45) is 11.8 Å². The van der Waals surface area contributed by atoms with E-state index in [2.05, 4.69) is 24.1 Å². The zero-order valence-electron chi connectivity index (χ0n) is 10.5. The first-order chi connectivity index (χ1) is 8.17. The first kappa shape index (κ1) is 11.9. The summed E-state index contributed by atoms with van der Waals surface area (Å²) >= 11 is 0. The molecule has 3 heteroatoms. The maximum Gasteiger partial charge on any atom is 0.140 e. The standard InChI is InChI=1S/C14H19N3/c1-10-5-11(2)7-14(6-10)17-13-4-3-12(8-15)16-9-13/h3-4,9-11,14,17H,5-7H2,1-2H3. The van der Waals surface area contributed by atoms with Gasteiger partial charge in [-0.3, -0.25) is 0 Å². The lowest BCUT2D eigenvalue weighted by Crippen LogP contribution is -2.30. The normalized spacial score (nSPS) is 28.4. The van der Waals surface area contributed by atoms with E-state index in [1.165, 1.54) is 19.3 Å². The van der Waals surface area contributed by atoms with Gasteiger partial charge in [0, 0.05) is 6.04 Å². The molecule has 2 rings (SSSR count). The highest BCUT2D eigenvalue weighted by Crippen LogP contribution is 2.30. The van der Waals surface area contributed by atoms with Crippen LogP contribution in [0.1, 0.15) is 38.8 Å². The van der Waals surface area contributed by atoms with Crippen molar-refractivity contribution in [3.8, 4) is 6.07 Å². The second-order valence-corrected chi connectivity index (χ2v) is 5.30. The van der Waals surface area contributed by atoms with Gasteiger partial charge in [-0.1, -0.05) is 13.8 Å². The largest absolute Gasteiger partial charge is 0.381 e. The van der Waals surface area contributed by atoms with Gasteiger partial charge >= 0.3 is 0 Å². The van der Waals surface area contributed by atoms with Crippen molar-refractivity contribution in [1.29, 1.82) is 5.26 Å². The Morgan fingerprint density at radius 2 is 1.94 bits per heavy atom. The van der Waals surface area contributed by atoms with Gasteiger partial charge in [-0.2, -0.15) is 5.26 Å². The van der Waals surface area contributed by atoms with E-state index in [1.807, 2.05) is 12.1 Å². The number of rotatable bonds is 2. The van der Waals surface area contributed by atoms with E-state index in [4.69, 9.17) is 5.26 Å². The Morgan fingerprint density at radius 3 is 2.47 bits per heavy atom. The van der Waals surface area contributed by atoms with Crippen LogP contribution in [0.5, 0.6) is 0 Å². The molecule has 1 aliphatic rings. The highest BCUT2D eigenvalue weighted by atomic mass is 14.9. The SMILES string of the molecule is CC1CC(C)CC(Nc2ccc(C#N)nc2)C1. The van der Waals surface area contributed by atoms with Gasteiger partial charge in [-0.25, -0.2) is 4.98 Å². The van der Waals surface area contributed by atoms with Crippen molar-refractivity contribution in [2.45, 2.75) is 39.2 Å². The van der Waals surface area contributed by atoms with Crippen molar-refractivity contribution >= 4 is 5.69 Å². The zero-order chi connectivity index (χ0) is 12.3. The van der Waals surface area contributed by atoms with E-state index >= 15 is 0 Å². The fraction of sp³-hybridized carbons (Fsp3) is 0.571. The predicted molar refractivity (Wildman–Crippen MR) is 68.5 cm³/mol. The molecule has 1 heterocycles. The van der Waals surface area contributed by atoms with Gasteiger partial charge in [-0.05, 0) is 43.2 Å². The molecule has 1 fully saturated rings. The number of pyridine rings is 1. The summed E-state index contributed by atoms with van der Waals surface area (Å²) in [4.78, 5) is 4.08. The van der Waals surface area contributed by atoms with Crippen LogP contribution in [0.3, 0.4) is 0 Å². The maximum atomic E-state index is 8.69. The molecule has 0 bridgehead atoms. The molecule has 1 aliphatic carbocycles. The number of anilines is 1. The summed E-state index contributed by atoms with van der Waals surface area (Å²) in [5.74, 6) is 1.59. The van der Waals surface area contributed by atoms with Crippen molar-refractivity contribution in [1.82, 2.24) is 4.98 Å². The first-order valence-electron chi connectivity index (χ1n) is 6.30. The van der Waals surface area contributed by atoms with Gasteiger partial charge in [0.15, 0.2) is 0 Å². The maximum absolute atomic E-state index is 8.69. The quantitative estimate of drug-likeness (QED) is 0.847. The van der Waals surface area contributed by atoms with Crippen molar-refractivity contribution < 1.29 is 0 Å². The molecule has 0 aromatic carbocycles. The minimum Gasteiger partial charge on any atom is -0.381 e. The van der Waals surface area contributed by atoms with Crippen LogP contribution in [0.4, 0.5) is 5.69 Å². The Balaban J connectivity index is 1.98. The zero-order valence-corrected chi connectivity index (χ0v) is 10.5. The molecule has 2 unspecified atom stereocenters. The van der Waals surface area contributed by atoms with Crippen LogP contribution in [0.15, 0.2) is 18.3 Å². The second kappa shape index (κ2) is 5.18. The number of nitrogens with one attached hydrogen (secondary N) is 1. The van der Waals surface area contributed by atoms with Crippen molar-refractivity contribution in [2.75, 3.05) is 5.32 Å². The molecular weight excluding hydrogens is 210 g/mol. The van der Waals surface area contributed by atoms with Gasteiger partial charge in [0.1, 0.15) is 11.8 Å². The molecule has 1 aromatic heterocycles. The molecule has 0 saturated heterocycles. The van der Waals surface area contributed by atoms with E-state index in [0.717, 1.165) is 17.5 Å². The van der Waals surface area contributed by atoms with E-state index in [-0.39, 0.29) is 0 Å². The molecule has 1 aromatic rings. The van der Waals surface area contributed by atoms with E-state index in [1.54, 1.807) is 12.3 Å². The average molecular weight is 229 g/mol. The van der Waals surface area contributed by atoms with E-state index < -0.39 is 0 Å². The average Bonchev–Trinajstić information content (AvgIpc) is 2.28. The molecular formula is C14H19N3.